The standard InChI is InChI=1S/C15H12F4Si/c1-20(2)13-6-3-9(15(17,18)19)7-12(13)11-5-4-10(16)8-14(11)20/h3-8H,1-2H3. The first-order chi connectivity index (χ1) is 9.21. The van der Waals surface area contributed by atoms with Crippen LogP contribution < -0.4 is 10.4 Å². The van der Waals surface area contributed by atoms with Crippen molar-refractivity contribution in [2.75, 3.05) is 0 Å². The van der Waals surface area contributed by atoms with Crippen molar-refractivity contribution < 1.29 is 17.6 Å². The van der Waals surface area contributed by atoms with Gasteiger partial charge < -0.3 is 0 Å². The van der Waals surface area contributed by atoms with Crippen molar-refractivity contribution in [1.82, 2.24) is 0 Å². The molecule has 1 aliphatic rings. The molecule has 5 heteroatoms. The molecule has 0 aliphatic carbocycles. The molecule has 1 aliphatic heterocycles. The number of hydrogen-bond acceptors (Lipinski definition) is 0. The van der Waals surface area contributed by atoms with Crippen LogP contribution in [-0.4, -0.2) is 8.07 Å². The Kier molecular flexibility index (Phi) is 2.64. The average molecular weight is 296 g/mol. The van der Waals surface area contributed by atoms with Crippen molar-refractivity contribution in [3.63, 3.8) is 0 Å². The zero-order valence-electron chi connectivity index (χ0n) is 11.0. The van der Waals surface area contributed by atoms with Gasteiger partial charge in [-0.15, -0.1) is 0 Å². The highest BCUT2D eigenvalue weighted by Crippen LogP contribution is 2.35. The largest absolute Gasteiger partial charge is 0.416 e. The maximum absolute atomic E-state index is 13.4. The van der Waals surface area contributed by atoms with Gasteiger partial charge in [-0.3, -0.25) is 0 Å². The lowest BCUT2D eigenvalue weighted by atomic mass is 10.0. The molecular formula is C15H12F4Si. The number of hydrogen-bond donors (Lipinski definition) is 0. The van der Waals surface area contributed by atoms with E-state index in [0.717, 1.165) is 22.0 Å². The number of rotatable bonds is 0. The Hall–Kier alpha value is -1.62. The fourth-order valence-corrected chi connectivity index (χ4v) is 5.96. The van der Waals surface area contributed by atoms with Crippen LogP contribution >= 0.6 is 0 Å². The Bertz CT molecular complexity index is 702. The molecule has 0 saturated carbocycles. The van der Waals surface area contributed by atoms with Gasteiger partial charge >= 0.3 is 6.18 Å². The number of fused-ring (bicyclic) bond motifs is 3. The average Bonchev–Trinajstić information content (AvgIpc) is 2.57. The lowest BCUT2D eigenvalue weighted by molar-refractivity contribution is -0.137. The molecule has 3 rings (SSSR count). The van der Waals surface area contributed by atoms with Gasteiger partial charge in [0.25, 0.3) is 0 Å². The lowest BCUT2D eigenvalue weighted by Crippen LogP contribution is -2.49. The van der Waals surface area contributed by atoms with E-state index in [9.17, 15) is 17.6 Å². The van der Waals surface area contributed by atoms with Crippen LogP contribution in [0, 0.1) is 5.82 Å². The van der Waals surface area contributed by atoms with Crippen LogP contribution in [0.5, 0.6) is 0 Å². The Balaban J connectivity index is 2.29. The molecule has 0 radical (unpaired) electrons. The van der Waals surface area contributed by atoms with Crippen molar-refractivity contribution >= 4 is 18.4 Å². The topological polar surface area (TPSA) is 0 Å². The molecule has 104 valence electrons. The first-order valence-electron chi connectivity index (χ1n) is 6.23. The Morgan fingerprint density at radius 1 is 0.850 bits per heavy atom. The van der Waals surface area contributed by atoms with Gasteiger partial charge in [0.15, 0.2) is 0 Å². The zero-order chi connectivity index (χ0) is 14.7. The van der Waals surface area contributed by atoms with E-state index in [4.69, 9.17) is 0 Å². The molecule has 20 heavy (non-hydrogen) atoms. The second kappa shape index (κ2) is 3.94. The fraction of sp³-hybridized carbons (Fsp3) is 0.200. The van der Waals surface area contributed by atoms with Gasteiger partial charge in [-0.1, -0.05) is 31.3 Å². The third-order valence-electron chi connectivity index (χ3n) is 3.97. The number of benzene rings is 2. The second-order valence-electron chi connectivity index (χ2n) is 5.57. The van der Waals surface area contributed by atoms with E-state index < -0.39 is 19.8 Å². The monoisotopic (exact) mass is 296 g/mol. The SMILES string of the molecule is C[Si]1(C)c2ccc(C(F)(F)F)cc2-c2ccc(F)cc21. The molecule has 1 heterocycles. The molecule has 2 aromatic carbocycles. The molecule has 0 fully saturated rings. The highest BCUT2D eigenvalue weighted by atomic mass is 28.3. The summed E-state index contributed by atoms with van der Waals surface area (Å²) in [6, 6.07) is 8.23. The first kappa shape index (κ1) is 13.4. The molecule has 0 atom stereocenters. The van der Waals surface area contributed by atoms with Crippen molar-refractivity contribution in [2.45, 2.75) is 19.3 Å². The van der Waals surface area contributed by atoms with Crippen LogP contribution in [0.2, 0.25) is 13.1 Å². The van der Waals surface area contributed by atoms with Crippen LogP contribution in [0.15, 0.2) is 36.4 Å². The Morgan fingerprint density at radius 3 is 2.20 bits per heavy atom. The third-order valence-corrected chi connectivity index (χ3v) is 7.51. The first-order valence-corrected chi connectivity index (χ1v) is 9.23. The Labute approximate surface area is 115 Å². The molecule has 0 spiro atoms. The summed E-state index contributed by atoms with van der Waals surface area (Å²) < 4.78 is 52.0. The minimum absolute atomic E-state index is 0.340. The lowest BCUT2D eigenvalue weighted by Gasteiger charge is -2.19. The van der Waals surface area contributed by atoms with Crippen molar-refractivity contribution in [3.8, 4) is 11.1 Å². The van der Waals surface area contributed by atoms with E-state index >= 15 is 0 Å². The highest BCUT2D eigenvalue weighted by molar-refractivity contribution is 7.03. The summed E-state index contributed by atoms with van der Waals surface area (Å²) in [5.41, 5.74) is 0.689. The molecule has 0 aromatic heterocycles. The third kappa shape index (κ3) is 1.80. The minimum Gasteiger partial charge on any atom is -0.207 e. The predicted octanol–water partition coefficient (Wildman–Crippen LogP) is 3.65. The molecule has 0 amide bonds. The normalized spacial score (nSPS) is 15.9. The van der Waals surface area contributed by atoms with E-state index in [1.54, 1.807) is 12.1 Å². The van der Waals surface area contributed by atoms with E-state index in [-0.39, 0.29) is 5.82 Å². The molecule has 0 bridgehead atoms. The Morgan fingerprint density at radius 2 is 1.55 bits per heavy atom. The summed E-state index contributed by atoms with van der Waals surface area (Å²) in [6.45, 7) is 4.06. The van der Waals surface area contributed by atoms with Crippen LogP contribution in [0.1, 0.15) is 5.56 Å². The quantitative estimate of drug-likeness (QED) is 0.514. The zero-order valence-corrected chi connectivity index (χ0v) is 12.0. The van der Waals surface area contributed by atoms with Gasteiger partial charge in [0, 0.05) is 0 Å². The molecule has 0 unspecified atom stereocenters. The van der Waals surface area contributed by atoms with Gasteiger partial charge in [-0.05, 0) is 39.7 Å². The van der Waals surface area contributed by atoms with Crippen LogP contribution in [-0.2, 0) is 6.18 Å². The van der Waals surface area contributed by atoms with Crippen molar-refractivity contribution in [1.29, 1.82) is 0 Å². The van der Waals surface area contributed by atoms with Gasteiger partial charge in [-0.25, -0.2) is 4.39 Å². The van der Waals surface area contributed by atoms with Crippen molar-refractivity contribution in [3.05, 3.63) is 47.8 Å². The number of halogens is 4. The summed E-state index contributed by atoms with van der Waals surface area (Å²) in [5.74, 6) is -0.340. The summed E-state index contributed by atoms with van der Waals surface area (Å²) in [7, 11) is -2.10. The molecule has 0 nitrogen and oxygen atoms in total. The van der Waals surface area contributed by atoms with E-state index in [1.807, 2.05) is 13.1 Å². The molecule has 0 saturated heterocycles. The fourth-order valence-electron chi connectivity index (χ4n) is 2.90. The summed E-state index contributed by atoms with van der Waals surface area (Å²) in [6.07, 6.45) is -4.36. The maximum Gasteiger partial charge on any atom is 0.416 e. The van der Waals surface area contributed by atoms with E-state index in [2.05, 4.69) is 0 Å². The molecular weight excluding hydrogens is 284 g/mol. The van der Waals surface area contributed by atoms with Gasteiger partial charge in [0.2, 0.25) is 0 Å². The molecule has 2 aromatic rings. The van der Waals surface area contributed by atoms with Gasteiger partial charge in [-0.2, -0.15) is 13.2 Å². The highest BCUT2D eigenvalue weighted by Gasteiger charge is 2.40. The van der Waals surface area contributed by atoms with Crippen LogP contribution in [0.4, 0.5) is 17.6 Å². The van der Waals surface area contributed by atoms with Gasteiger partial charge in [0.05, 0.1) is 5.56 Å². The summed E-state index contributed by atoms with van der Waals surface area (Å²) in [5, 5.41) is 1.80. The minimum atomic E-state index is -4.36. The number of alkyl halides is 3. The predicted molar refractivity (Wildman–Crippen MR) is 73.6 cm³/mol. The van der Waals surface area contributed by atoms with Gasteiger partial charge in [0.1, 0.15) is 13.9 Å². The van der Waals surface area contributed by atoms with Crippen molar-refractivity contribution in [2.24, 2.45) is 0 Å². The smallest absolute Gasteiger partial charge is 0.207 e. The summed E-state index contributed by atoms with van der Waals surface area (Å²) >= 11 is 0. The van der Waals surface area contributed by atoms with Crippen LogP contribution in [0.3, 0.4) is 0 Å². The van der Waals surface area contributed by atoms with E-state index in [0.29, 0.717) is 5.56 Å². The van der Waals surface area contributed by atoms with Crippen LogP contribution in [0.25, 0.3) is 11.1 Å². The maximum atomic E-state index is 13.4. The second-order valence-corrected chi connectivity index (χ2v) is 9.90. The molecule has 0 N–H and O–H groups in total. The summed E-state index contributed by atoms with van der Waals surface area (Å²) in [4.78, 5) is 0. The van der Waals surface area contributed by atoms with E-state index in [1.165, 1.54) is 18.2 Å².